The lowest BCUT2D eigenvalue weighted by Crippen LogP contribution is -2.27. The Kier molecular flexibility index (Phi) is 7.47. The molecule has 1 aliphatic rings. The summed E-state index contributed by atoms with van der Waals surface area (Å²) in [4.78, 5) is 15.3. The van der Waals surface area contributed by atoms with Crippen LogP contribution in [0.5, 0.6) is 5.75 Å². The van der Waals surface area contributed by atoms with Crippen molar-refractivity contribution in [2.24, 2.45) is 5.92 Å². The van der Waals surface area contributed by atoms with E-state index >= 15 is 0 Å². The van der Waals surface area contributed by atoms with Crippen LogP contribution in [0, 0.1) is 11.7 Å². The van der Waals surface area contributed by atoms with Gasteiger partial charge >= 0.3 is 12.1 Å². The Morgan fingerprint density at radius 1 is 1.14 bits per heavy atom. The highest BCUT2D eigenvalue weighted by Gasteiger charge is 2.41. The monoisotopic (exact) mass is 558 g/mol. The van der Waals surface area contributed by atoms with E-state index in [0.717, 1.165) is 23.0 Å². The van der Waals surface area contributed by atoms with Crippen molar-refractivity contribution in [1.82, 2.24) is 4.98 Å². The minimum Gasteiger partial charge on any atom is -0.495 e. The number of hydrogen-bond acceptors (Lipinski definition) is 6. The summed E-state index contributed by atoms with van der Waals surface area (Å²) in [6, 6.07) is 8.72. The Hall–Kier alpha value is -3.19. The number of nitrogens with zero attached hydrogens (tertiary/aromatic N) is 1. The van der Waals surface area contributed by atoms with Crippen LogP contribution < -0.4 is 9.46 Å². The fourth-order valence-electron chi connectivity index (χ4n) is 4.33. The second-order valence-corrected chi connectivity index (χ2v) is 11.1. The summed E-state index contributed by atoms with van der Waals surface area (Å²) in [5.74, 6) is -4.07. The number of ether oxygens (including phenoxy) is 1. The molecule has 1 aromatic heterocycles. The largest absolute Gasteiger partial charge is 0.495 e. The third-order valence-electron chi connectivity index (χ3n) is 6.34. The van der Waals surface area contributed by atoms with Crippen molar-refractivity contribution in [3.8, 4) is 16.3 Å². The average Bonchev–Trinajstić information content (AvgIpc) is 3.35. The molecule has 3 aromatic rings. The molecule has 2 aromatic carbocycles. The molecule has 0 bridgehead atoms. The van der Waals surface area contributed by atoms with Crippen LogP contribution in [0.4, 0.5) is 23.2 Å². The number of halogens is 4. The number of nitrogens with one attached hydrogen (secondary N) is 1. The van der Waals surface area contributed by atoms with E-state index < -0.39 is 39.5 Å². The van der Waals surface area contributed by atoms with E-state index in [0.29, 0.717) is 29.5 Å². The topological polar surface area (TPSA) is 106 Å². The standard InChI is InChI=1S/C24H22F4N2O5S2/c1-35-20-10-17(23(31)32)18(25)11-19(20)30-37(33,34)21-12-36-22(29-21)15-4-2-13(3-5-15)14-6-8-16(9-7-14)24(26,27)28/h2-5,10-12,14,16,30H,6-9H2,1H3,(H,31,32)/t14-,16-. The third-order valence-corrected chi connectivity index (χ3v) is 8.63. The van der Waals surface area contributed by atoms with Crippen molar-refractivity contribution >= 4 is 33.0 Å². The maximum Gasteiger partial charge on any atom is 0.391 e. The number of aromatic nitrogens is 1. The summed E-state index contributed by atoms with van der Waals surface area (Å²) in [7, 11) is -3.08. The Bertz CT molecular complexity index is 1400. The van der Waals surface area contributed by atoms with E-state index in [9.17, 15) is 30.8 Å². The maximum atomic E-state index is 14.1. The SMILES string of the molecule is COc1cc(C(=O)O)c(F)cc1NS(=O)(=O)c1csc(-c2ccc([C@H]3CC[C@H](C(F)(F)F)CC3)cc2)n1. The van der Waals surface area contributed by atoms with Gasteiger partial charge in [-0.25, -0.2) is 14.2 Å². The number of hydrogen-bond donors (Lipinski definition) is 2. The van der Waals surface area contributed by atoms with Crippen molar-refractivity contribution in [2.75, 3.05) is 11.8 Å². The van der Waals surface area contributed by atoms with Gasteiger partial charge in [-0.1, -0.05) is 24.3 Å². The fraction of sp³-hybridized carbons (Fsp3) is 0.333. The molecule has 13 heteroatoms. The lowest BCUT2D eigenvalue weighted by atomic mass is 9.78. The summed E-state index contributed by atoms with van der Waals surface area (Å²) >= 11 is 1.07. The number of benzene rings is 2. The molecule has 0 saturated heterocycles. The van der Waals surface area contributed by atoms with E-state index in [4.69, 9.17) is 9.84 Å². The molecule has 4 rings (SSSR count). The number of carboxylic acids is 1. The van der Waals surface area contributed by atoms with Crippen molar-refractivity contribution in [2.45, 2.75) is 42.8 Å². The number of carboxylic acid groups (broad SMARTS) is 1. The lowest BCUT2D eigenvalue weighted by Gasteiger charge is -2.30. The number of alkyl halides is 3. The van der Waals surface area contributed by atoms with Gasteiger partial charge in [0.05, 0.1) is 24.3 Å². The van der Waals surface area contributed by atoms with Gasteiger partial charge in [0.2, 0.25) is 0 Å². The Morgan fingerprint density at radius 2 is 1.78 bits per heavy atom. The molecule has 1 heterocycles. The van der Waals surface area contributed by atoms with Crippen LogP contribution in [0.25, 0.3) is 10.6 Å². The minimum atomic E-state index is -4.26. The van der Waals surface area contributed by atoms with Gasteiger partial charge < -0.3 is 9.84 Å². The average molecular weight is 559 g/mol. The highest BCUT2D eigenvalue weighted by molar-refractivity contribution is 7.92. The molecule has 0 aliphatic heterocycles. The van der Waals surface area contributed by atoms with Crippen molar-refractivity contribution < 1.29 is 40.6 Å². The van der Waals surface area contributed by atoms with Crippen LogP contribution in [-0.2, 0) is 10.0 Å². The third kappa shape index (κ3) is 5.87. The highest BCUT2D eigenvalue weighted by Crippen LogP contribution is 2.43. The van der Waals surface area contributed by atoms with Crippen LogP contribution in [0.2, 0.25) is 0 Å². The predicted octanol–water partition coefficient (Wildman–Crippen LogP) is 6.29. The molecule has 0 atom stereocenters. The van der Waals surface area contributed by atoms with Crippen molar-refractivity contribution in [1.29, 1.82) is 0 Å². The van der Waals surface area contributed by atoms with E-state index in [-0.39, 0.29) is 35.2 Å². The molecule has 7 nitrogen and oxygen atoms in total. The zero-order chi connectivity index (χ0) is 27.0. The normalized spacial score (nSPS) is 18.4. The zero-order valence-electron chi connectivity index (χ0n) is 19.4. The summed E-state index contributed by atoms with van der Waals surface area (Å²) < 4.78 is 85.8. The molecule has 37 heavy (non-hydrogen) atoms. The molecule has 2 N–H and O–H groups in total. The second kappa shape index (κ2) is 10.3. The Morgan fingerprint density at radius 3 is 2.35 bits per heavy atom. The number of sulfonamides is 1. The van der Waals surface area contributed by atoms with Crippen LogP contribution in [0.1, 0.15) is 47.5 Å². The summed E-state index contributed by atoms with van der Waals surface area (Å²) in [6.07, 6.45) is -3.05. The number of methoxy groups -OCH3 is 1. The smallest absolute Gasteiger partial charge is 0.391 e. The lowest BCUT2D eigenvalue weighted by molar-refractivity contribution is -0.182. The first-order valence-corrected chi connectivity index (χ1v) is 13.5. The number of thiazole rings is 1. The number of rotatable bonds is 7. The molecule has 198 valence electrons. The maximum absolute atomic E-state index is 14.1. The van der Waals surface area contributed by atoms with Gasteiger partial charge in [0.15, 0.2) is 5.03 Å². The Labute approximate surface area is 214 Å². The first-order valence-electron chi connectivity index (χ1n) is 11.1. The van der Waals surface area contributed by atoms with Crippen LogP contribution >= 0.6 is 11.3 Å². The molecule has 1 saturated carbocycles. The van der Waals surface area contributed by atoms with E-state index in [1.807, 2.05) is 12.1 Å². The Balaban J connectivity index is 1.49. The van der Waals surface area contributed by atoms with Gasteiger partial charge in [0.25, 0.3) is 10.0 Å². The van der Waals surface area contributed by atoms with Gasteiger partial charge in [0.1, 0.15) is 16.6 Å². The highest BCUT2D eigenvalue weighted by atomic mass is 32.2. The molecule has 0 unspecified atom stereocenters. The summed E-state index contributed by atoms with van der Waals surface area (Å²) in [5, 5.41) is 10.4. The first-order chi connectivity index (χ1) is 17.4. The molecule has 0 spiro atoms. The van der Waals surface area contributed by atoms with Gasteiger partial charge in [-0.05, 0) is 43.2 Å². The van der Waals surface area contributed by atoms with Gasteiger partial charge in [-0.3, -0.25) is 4.72 Å². The molecule has 1 fully saturated rings. The number of anilines is 1. The second-order valence-electron chi connectivity index (χ2n) is 8.65. The summed E-state index contributed by atoms with van der Waals surface area (Å²) in [6.45, 7) is 0. The first kappa shape index (κ1) is 26.9. The molecule has 1 aliphatic carbocycles. The minimum absolute atomic E-state index is 0.0342. The fourth-order valence-corrected chi connectivity index (χ4v) is 6.49. The number of carbonyl (C=O) groups is 1. The molecular formula is C24H22F4N2O5S2. The van der Waals surface area contributed by atoms with E-state index in [1.54, 1.807) is 12.1 Å². The molecule has 0 amide bonds. The van der Waals surface area contributed by atoms with Crippen LogP contribution in [0.3, 0.4) is 0 Å². The summed E-state index contributed by atoms with van der Waals surface area (Å²) in [5.41, 5.74) is 0.597. The molecule has 0 radical (unpaired) electrons. The van der Waals surface area contributed by atoms with E-state index in [2.05, 4.69) is 9.71 Å². The van der Waals surface area contributed by atoms with Gasteiger partial charge in [-0.15, -0.1) is 11.3 Å². The number of aromatic carboxylic acids is 1. The van der Waals surface area contributed by atoms with Gasteiger partial charge in [-0.2, -0.15) is 21.6 Å². The van der Waals surface area contributed by atoms with E-state index in [1.165, 1.54) is 12.5 Å². The van der Waals surface area contributed by atoms with Crippen LogP contribution in [-0.4, -0.2) is 37.8 Å². The zero-order valence-corrected chi connectivity index (χ0v) is 21.0. The quantitative estimate of drug-likeness (QED) is 0.330. The molecular weight excluding hydrogens is 536 g/mol. The predicted molar refractivity (Wildman–Crippen MR) is 129 cm³/mol. The van der Waals surface area contributed by atoms with Crippen molar-refractivity contribution in [3.05, 3.63) is 58.7 Å². The van der Waals surface area contributed by atoms with Crippen LogP contribution in [0.15, 0.2) is 46.8 Å². The van der Waals surface area contributed by atoms with Gasteiger partial charge in [0, 0.05) is 17.0 Å². The van der Waals surface area contributed by atoms with Crippen molar-refractivity contribution in [3.63, 3.8) is 0 Å².